The van der Waals surface area contributed by atoms with Crippen molar-refractivity contribution in [2.24, 2.45) is 5.41 Å². The third-order valence-electron chi connectivity index (χ3n) is 1.70. The number of hydrogen-bond acceptors (Lipinski definition) is 3. The smallest absolute Gasteiger partial charge is 0.310 e. The van der Waals surface area contributed by atoms with E-state index in [0.29, 0.717) is 12.8 Å². The maximum absolute atomic E-state index is 10.3. The van der Waals surface area contributed by atoms with Gasteiger partial charge in [0, 0.05) is 5.75 Å². The Hall–Kier alpha value is -0.420. The quantitative estimate of drug-likeness (QED) is 0.581. The summed E-state index contributed by atoms with van der Waals surface area (Å²) in [4.78, 5) is 10.3. The summed E-state index contributed by atoms with van der Waals surface area (Å²) in [7, 11) is 0. The molecule has 1 atom stereocenters. The SMILES string of the molecule is O=C(O)C1(CS(=O)[O-])CC1. The van der Waals surface area contributed by atoms with Gasteiger partial charge in [0.25, 0.3) is 0 Å². The van der Waals surface area contributed by atoms with Crippen molar-refractivity contribution in [1.29, 1.82) is 0 Å². The van der Waals surface area contributed by atoms with Crippen molar-refractivity contribution < 1.29 is 18.7 Å². The molecule has 1 aliphatic carbocycles. The largest absolute Gasteiger partial charge is 0.772 e. The Balaban J connectivity index is 2.53. The van der Waals surface area contributed by atoms with Gasteiger partial charge < -0.3 is 9.66 Å². The highest BCUT2D eigenvalue weighted by Gasteiger charge is 2.50. The molecule has 0 heterocycles. The molecule has 10 heavy (non-hydrogen) atoms. The first-order valence-corrected chi connectivity index (χ1v) is 4.10. The van der Waals surface area contributed by atoms with E-state index in [4.69, 9.17) is 5.11 Å². The number of carboxylic acids is 1. The van der Waals surface area contributed by atoms with E-state index >= 15 is 0 Å². The van der Waals surface area contributed by atoms with Crippen molar-refractivity contribution in [3.8, 4) is 0 Å². The molecule has 0 saturated heterocycles. The zero-order valence-electron chi connectivity index (χ0n) is 5.20. The lowest BCUT2D eigenvalue weighted by Crippen LogP contribution is -2.21. The fourth-order valence-electron chi connectivity index (χ4n) is 0.796. The summed E-state index contributed by atoms with van der Waals surface area (Å²) in [6.07, 6.45) is 0.993. The maximum Gasteiger partial charge on any atom is 0.310 e. The highest BCUT2D eigenvalue weighted by atomic mass is 32.2. The predicted molar refractivity (Wildman–Crippen MR) is 33.1 cm³/mol. The van der Waals surface area contributed by atoms with Gasteiger partial charge in [-0.3, -0.25) is 9.00 Å². The van der Waals surface area contributed by atoms with Gasteiger partial charge in [-0.05, 0) is 12.8 Å². The van der Waals surface area contributed by atoms with Crippen LogP contribution in [0.3, 0.4) is 0 Å². The van der Waals surface area contributed by atoms with Gasteiger partial charge in [0.1, 0.15) is 0 Å². The summed E-state index contributed by atoms with van der Waals surface area (Å²) in [6, 6.07) is 0. The Morgan fingerprint density at radius 1 is 1.70 bits per heavy atom. The molecule has 1 saturated carbocycles. The zero-order chi connectivity index (χ0) is 7.78. The van der Waals surface area contributed by atoms with Gasteiger partial charge in [0.05, 0.1) is 5.41 Å². The number of hydrogen-bond donors (Lipinski definition) is 1. The van der Waals surface area contributed by atoms with Gasteiger partial charge in [-0.2, -0.15) is 0 Å². The van der Waals surface area contributed by atoms with Crippen LogP contribution < -0.4 is 0 Å². The van der Waals surface area contributed by atoms with Gasteiger partial charge in [-0.25, -0.2) is 0 Å². The maximum atomic E-state index is 10.3. The topological polar surface area (TPSA) is 77.4 Å². The van der Waals surface area contributed by atoms with Crippen LogP contribution in [0.5, 0.6) is 0 Å². The summed E-state index contributed by atoms with van der Waals surface area (Å²) in [5.41, 5.74) is -0.924. The molecule has 0 aromatic rings. The second kappa shape index (κ2) is 2.32. The summed E-state index contributed by atoms with van der Waals surface area (Å²) >= 11 is -2.22. The minimum Gasteiger partial charge on any atom is -0.772 e. The standard InChI is InChI=1S/C5H8O4S/c6-4(7)5(1-2-5)3-10(8)9/h1-3H2,(H,6,7)(H,8,9)/p-1. The van der Waals surface area contributed by atoms with E-state index in [2.05, 4.69) is 0 Å². The molecule has 0 aliphatic heterocycles. The van der Waals surface area contributed by atoms with Gasteiger partial charge in [0.15, 0.2) is 0 Å². The fourth-order valence-corrected chi connectivity index (χ4v) is 1.66. The zero-order valence-corrected chi connectivity index (χ0v) is 6.02. The fraction of sp³-hybridized carbons (Fsp3) is 0.800. The minimum absolute atomic E-state index is 0.234. The van der Waals surface area contributed by atoms with Crippen molar-refractivity contribution in [2.45, 2.75) is 12.8 Å². The lowest BCUT2D eigenvalue weighted by molar-refractivity contribution is -0.142. The summed E-state index contributed by atoms with van der Waals surface area (Å²) in [5, 5.41) is 8.48. The van der Waals surface area contributed by atoms with Crippen LogP contribution in [0.2, 0.25) is 0 Å². The number of rotatable bonds is 3. The molecule has 0 bridgehead atoms. The summed E-state index contributed by atoms with van der Waals surface area (Å²) < 4.78 is 20.2. The van der Waals surface area contributed by atoms with Crippen LogP contribution in [0.4, 0.5) is 0 Å². The highest BCUT2D eigenvalue weighted by molar-refractivity contribution is 7.79. The van der Waals surface area contributed by atoms with Crippen LogP contribution in [0.25, 0.3) is 0 Å². The number of aliphatic carboxylic acids is 1. The first kappa shape index (κ1) is 7.68. The van der Waals surface area contributed by atoms with E-state index < -0.39 is 22.5 Å². The van der Waals surface area contributed by atoms with E-state index in [1.807, 2.05) is 0 Å². The van der Waals surface area contributed by atoms with Gasteiger partial charge in [0.2, 0.25) is 0 Å². The molecule has 0 spiro atoms. The van der Waals surface area contributed by atoms with Gasteiger partial charge >= 0.3 is 5.97 Å². The Bertz CT molecular complexity index is 184. The Kier molecular flexibility index (Phi) is 1.78. The Morgan fingerprint density at radius 2 is 2.20 bits per heavy atom. The van der Waals surface area contributed by atoms with Crippen LogP contribution in [-0.4, -0.2) is 25.6 Å². The van der Waals surface area contributed by atoms with Crippen LogP contribution in [-0.2, 0) is 15.9 Å². The van der Waals surface area contributed by atoms with E-state index in [-0.39, 0.29) is 5.75 Å². The van der Waals surface area contributed by atoms with Crippen molar-refractivity contribution in [3.63, 3.8) is 0 Å². The average molecular weight is 163 g/mol. The van der Waals surface area contributed by atoms with Crippen LogP contribution in [0.1, 0.15) is 12.8 Å². The van der Waals surface area contributed by atoms with Crippen molar-refractivity contribution in [3.05, 3.63) is 0 Å². The second-order valence-corrected chi connectivity index (χ2v) is 3.43. The summed E-state index contributed by atoms with van der Waals surface area (Å²) in [6.45, 7) is 0. The van der Waals surface area contributed by atoms with Crippen molar-refractivity contribution >= 4 is 17.0 Å². The molecule has 1 N–H and O–H groups in total. The highest BCUT2D eigenvalue weighted by Crippen LogP contribution is 2.46. The summed E-state index contributed by atoms with van der Waals surface area (Å²) in [5.74, 6) is -1.22. The molecule has 0 aromatic heterocycles. The molecule has 1 fully saturated rings. The van der Waals surface area contributed by atoms with E-state index in [0.717, 1.165) is 0 Å². The number of carboxylic acid groups (broad SMARTS) is 1. The Labute approximate surface area is 60.5 Å². The third kappa shape index (κ3) is 1.35. The molecule has 58 valence electrons. The molecule has 0 aromatic carbocycles. The van der Waals surface area contributed by atoms with Gasteiger partial charge in [-0.1, -0.05) is 11.1 Å². The molecule has 0 radical (unpaired) electrons. The Morgan fingerprint density at radius 3 is 2.30 bits per heavy atom. The third-order valence-corrected chi connectivity index (χ3v) is 2.49. The minimum atomic E-state index is -2.22. The molecule has 1 unspecified atom stereocenters. The molecule has 1 rings (SSSR count). The van der Waals surface area contributed by atoms with Crippen molar-refractivity contribution in [1.82, 2.24) is 0 Å². The molecular weight excluding hydrogens is 156 g/mol. The van der Waals surface area contributed by atoms with E-state index in [9.17, 15) is 13.6 Å². The lowest BCUT2D eigenvalue weighted by Gasteiger charge is -2.10. The normalized spacial score (nSPS) is 23.7. The van der Waals surface area contributed by atoms with Crippen LogP contribution in [0, 0.1) is 5.41 Å². The predicted octanol–water partition coefficient (Wildman–Crippen LogP) is -0.270. The first-order valence-electron chi connectivity index (χ1n) is 2.86. The lowest BCUT2D eigenvalue weighted by atomic mass is 10.1. The molecule has 1 aliphatic rings. The van der Waals surface area contributed by atoms with E-state index in [1.54, 1.807) is 0 Å². The average Bonchev–Trinajstić information content (AvgIpc) is 2.46. The molecule has 4 nitrogen and oxygen atoms in total. The monoisotopic (exact) mass is 163 g/mol. The first-order chi connectivity index (χ1) is 4.57. The molecule has 0 amide bonds. The van der Waals surface area contributed by atoms with Crippen molar-refractivity contribution in [2.75, 3.05) is 5.75 Å². The molecular formula is C5H7O4S-. The van der Waals surface area contributed by atoms with E-state index in [1.165, 1.54) is 0 Å². The second-order valence-electron chi connectivity index (χ2n) is 2.53. The molecule has 5 heteroatoms. The van der Waals surface area contributed by atoms with Crippen LogP contribution >= 0.6 is 0 Å². The number of carbonyl (C=O) groups is 1. The van der Waals surface area contributed by atoms with Gasteiger partial charge in [-0.15, -0.1) is 0 Å². The van der Waals surface area contributed by atoms with Crippen LogP contribution in [0.15, 0.2) is 0 Å².